The van der Waals surface area contributed by atoms with Gasteiger partial charge in [-0.2, -0.15) is 0 Å². The third-order valence-corrected chi connectivity index (χ3v) is 7.66. The molecule has 2 heterocycles. The molecule has 2 aliphatic heterocycles. The number of β-lactam (4-membered cyclic amide) rings is 1. The van der Waals surface area contributed by atoms with Crippen molar-refractivity contribution in [2.45, 2.75) is 41.4 Å². The monoisotopic (exact) mass is 419 g/mol. The van der Waals surface area contributed by atoms with Crippen molar-refractivity contribution in [3.8, 4) is 0 Å². The van der Waals surface area contributed by atoms with Crippen LogP contribution >= 0.6 is 27.7 Å². The molecular formula is C19H18BrNO3S. The molecule has 0 aromatic heterocycles. The molecule has 3 atom stereocenters. The molecule has 0 saturated carbocycles. The average Bonchev–Trinajstić information content (AvgIpc) is 2.87. The zero-order valence-electron chi connectivity index (χ0n) is 13.9. The Bertz CT molecular complexity index is 863. The van der Waals surface area contributed by atoms with Gasteiger partial charge in [0.2, 0.25) is 5.91 Å². The van der Waals surface area contributed by atoms with Gasteiger partial charge in [0.05, 0.1) is 0 Å². The van der Waals surface area contributed by atoms with E-state index in [2.05, 4.69) is 15.9 Å². The van der Waals surface area contributed by atoms with Crippen molar-refractivity contribution in [3.05, 3.63) is 48.0 Å². The van der Waals surface area contributed by atoms with Gasteiger partial charge in [0.15, 0.2) is 0 Å². The molecule has 0 N–H and O–H groups in total. The minimum atomic E-state index is -0.543. The summed E-state index contributed by atoms with van der Waals surface area (Å²) in [7, 11) is 0. The Morgan fingerprint density at radius 2 is 1.96 bits per heavy atom. The average molecular weight is 420 g/mol. The van der Waals surface area contributed by atoms with Crippen molar-refractivity contribution in [2.75, 3.05) is 0 Å². The summed E-state index contributed by atoms with van der Waals surface area (Å²) in [6.07, 6.45) is 0. The molecule has 2 aliphatic rings. The summed E-state index contributed by atoms with van der Waals surface area (Å²) in [5.74, 6) is -0.365. The molecule has 0 aliphatic carbocycles. The molecule has 2 saturated heterocycles. The lowest BCUT2D eigenvalue weighted by Gasteiger charge is -2.41. The smallest absolute Gasteiger partial charge is 0.330 e. The van der Waals surface area contributed by atoms with Gasteiger partial charge in [-0.15, -0.1) is 11.8 Å². The number of carbonyl (C=O) groups is 2. The highest BCUT2D eigenvalue weighted by atomic mass is 79.9. The Morgan fingerprint density at radius 1 is 1.24 bits per heavy atom. The molecule has 2 aromatic rings. The first-order valence-electron chi connectivity index (χ1n) is 8.17. The summed E-state index contributed by atoms with van der Waals surface area (Å²) in [5, 5.41) is 2.21. The van der Waals surface area contributed by atoms with Gasteiger partial charge in [-0.25, -0.2) is 4.79 Å². The molecule has 4 nitrogen and oxygen atoms in total. The number of esters is 1. The van der Waals surface area contributed by atoms with Crippen LogP contribution in [0, 0.1) is 0 Å². The number of alkyl halides is 1. The highest BCUT2D eigenvalue weighted by Crippen LogP contribution is 2.53. The van der Waals surface area contributed by atoms with Crippen molar-refractivity contribution < 1.29 is 14.3 Å². The number of fused-ring (bicyclic) bond motifs is 2. The number of halogens is 1. The van der Waals surface area contributed by atoms with E-state index in [9.17, 15) is 9.59 Å². The number of hydrogen-bond donors (Lipinski definition) is 0. The van der Waals surface area contributed by atoms with E-state index in [-0.39, 0.29) is 33.4 Å². The molecule has 1 amide bonds. The van der Waals surface area contributed by atoms with Crippen molar-refractivity contribution in [2.24, 2.45) is 0 Å². The fourth-order valence-electron chi connectivity index (χ4n) is 3.59. The summed E-state index contributed by atoms with van der Waals surface area (Å²) < 4.78 is 5.27. The third-order valence-electron chi connectivity index (χ3n) is 4.85. The van der Waals surface area contributed by atoms with Crippen LogP contribution in [-0.2, 0) is 20.9 Å². The summed E-state index contributed by atoms with van der Waals surface area (Å²) in [6.45, 7) is 4.20. The summed E-state index contributed by atoms with van der Waals surface area (Å²) in [6, 6.07) is 13.5. The number of nitrogens with zero attached hydrogens (tertiary/aromatic N) is 1. The molecular weight excluding hydrogens is 402 g/mol. The van der Waals surface area contributed by atoms with Gasteiger partial charge in [-0.1, -0.05) is 58.4 Å². The Balaban J connectivity index is 1.53. The lowest BCUT2D eigenvalue weighted by atomic mass is 9.98. The lowest BCUT2D eigenvalue weighted by molar-refractivity contribution is -0.161. The van der Waals surface area contributed by atoms with Gasteiger partial charge < -0.3 is 9.64 Å². The number of carbonyl (C=O) groups excluding carboxylic acids is 2. The Morgan fingerprint density at radius 3 is 2.76 bits per heavy atom. The number of amides is 1. The molecule has 0 unspecified atom stereocenters. The first-order chi connectivity index (χ1) is 11.9. The van der Waals surface area contributed by atoms with Crippen LogP contribution in [-0.4, -0.2) is 37.8 Å². The number of thioether (sulfide) groups is 1. The first-order valence-corrected chi connectivity index (χ1v) is 9.97. The summed E-state index contributed by atoms with van der Waals surface area (Å²) >= 11 is 5.05. The number of ether oxygens (including phenoxy) is 1. The second kappa shape index (κ2) is 6.02. The molecule has 25 heavy (non-hydrogen) atoms. The topological polar surface area (TPSA) is 46.6 Å². The van der Waals surface area contributed by atoms with Crippen LogP contribution in [0.15, 0.2) is 42.5 Å². The lowest BCUT2D eigenvalue weighted by Crippen LogP contribution is -2.63. The summed E-state index contributed by atoms with van der Waals surface area (Å²) in [4.78, 5) is 26.4. The quantitative estimate of drug-likeness (QED) is 0.432. The predicted octanol–water partition coefficient (Wildman–Crippen LogP) is 3.71. The second-order valence-electron chi connectivity index (χ2n) is 6.91. The maximum absolute atomic E-state index is 12.8. The van der Waals surface area contributed by atoms with E-state index < -0.39 is 6.04 Å². The van der Waals surface area contributed by atoms with Crippen LogP contribution in [0.5, 0.6) is 0 Å². The largest absolute Gasteiger partial charge is 0.459 e. The SMILES string of the molecule is CC1(C)S[C@@H]2[C@@H](Br)C(=O)N2[C@H]1C(=O)OCc1cccc2ccccc12. The van der Waals surface area contributed by atoms with Crippen LogP contribution in [0.2, 0.25) is 0 Å². The Labute approximate surface area is 159 Å². The van der Waals surface area contributed by atoms with E-state index in [1.807, 2.05) is 56.3 Å². The van der Waals surface area contributed by atoms with E-state index in [1.54, 1.807) is 16.7 Å². The van der Waals surface area contributed by atoms with Gasteiger partial charge in [0, 0.05) is 4.75 Å². The predicted molar refractivity (Wildman–Crippen MR) is 103 cm³/mol. The zero-order valence-corrected chi connectivity index (χ0v) is 16.3. The van der Waals surface area contributed by atoms with Gasteiger partial charge in [-0.05, 0) is 30.2 Å². The Hall–Kier alpha value is -1.53. The van der Waals surface area contributed by atoms with E-state index >= 15 is 0 Å². The highest BCUT2D eigenvalue weighted by Gasteiger charge is 2.63. The fraction of sp³-hybridized carbons (Fsp3) is 0.368. The minimum absolute atomic E-state index is 0.0117. The number of rotatable bonds is 3. The maximum atomic E-state index is 12.8. The molecule has 6 heteroatoms. The van der Waals surface area contributed by atoms with E-state index in [0.29, 0.717) is 0 Å². The normalized spacial score (nSPS) is 27.1. The molecule has 130 valence electrons. The van der Waals surface area contributed by atoms with E-state index in [1.165, 1.54) is 0 Å². The second-order valence-corrected chi connectivity index (χ2v) is 9.67. The number of benzene rings is 2. The highest BCUT2D eigenvalue weighted by molar-refractivity contribution is 9.10. The third kappa shape index (κ3) is 2.66. The van der Waals surface area contributed by atoms with Crippen molar-refractivity contribution in [1.29, 1.82) is 0 Å². The fourth-order valence-corrected chi connectivity index (χ4v) is 5.94. The first kappa shape index (κ1) is 16.9. The standard InChI is InChI=1S/C19H18BrNO3S/c1-19(2)15(21-16(22)14(20)17(21)25-19)18(23)24-10-12-8-5-7-11-6-3-4-9-13(11)12/h3-9,14-15,17H,10H2,1-2H3/t14-,15-,17+/m0/s1. The van der Waals surface area contributed by atoms with Crippen molar-refractivity contribution >= 4 is 50.3 Å². The number of hydrogen-bond acceptors (Lipinski definition) is 4. The van der Waals surface area contributed by atoms with Gasteiger partial charge in [0.1, 0.15) is 22.8 Å². The van der Waals surface area contributed by atoms with Crippen LogP contribution in [0.4, 0.5) is 0 Å². The van der Waals surface area contributed by atoms with Crippen molar-refractivity contribution in [3.63, 3.8) is 0 Å². The molecule has 0 bridgehead atoms. The van der Waals surface area contributed by atoms with Gasteiger partial charge in [0.25, 0.3) is 0 Å². The molecule has 2 aromatic carbocycles. The molecule has 0 radical (unpaired) electrons. The van der Waals surface area contributed by atoms with E-state index in [0.717, 1.165) is 16.3 Å². The summed E-state index contributed by atoms with van der Waals surface area (Å²) in [5.41, 5.74) is 0.972. The molecule has 2 fully saturated rings. The molecule has 0 spiro atoms. The van der Waals surface area contributed by atoms with E-state index in [4.69, 9.17) is 4.74 Å². The minimum Gasteiger partial charge on any atom is -0.459 e. The zero-order chi connectivity index (χ0) is 17.8. The van der Waals surface area contributed by atoms with Crippen LogP contribution < -0.4 is 0 Å². The van der Waals surface area contributed by atoms with Crippen LogP contribution in [0.1, 0.15) is 19.4 Å². The van der Waals surface area contributed by atoms with Crippen molar-refractivity contribution in [1.82, 2.24) is 4.90 Å². The van der Waals surface area contributed by atoms with Gasteiger partial charge >= 0.3 is 5.97 Å². The van der Waals surface area contributed by atoms with Crippen LogP contribution in [0.25, 0.3) is 10.8 Å². The molecule has 4 rings (SSSR count). The maximum Gasteiger partial charge on any atom is 0.330 e. The Kier molecular flexibility index (Phi) is 4.07. The van der Waals surface area contributed by atoms with Gasteiger partial charge in [-0.3, -0.25) is 4.79 Å². The van der Waals surface area contributed by atoms with Crippen LogP contribution in [0.3, 0.4) is 0 Å².